The van der Waals surface area contributed by atoms with Gasteiger partial charge in [-0.15, -0.1) is 22.7 Å². The molecule has 0 unspecified atom stereocenters. The van der Waals surface area contributed by atoms with Crippen LogP contribution in [0.3, 0.4) is 0 Å². The van der Waals surface area contributed by atoms with Crippen LogP contribution >= 0.6 is 22.7 Å². The molecule has 13 rings (SSSR count). The van der Waals surface area contributed by atoms with Crippen LogP contribution in [0.1, 0.15) is 22.3 Å². The van der Waals surface area contributed by atoms with Crippen LogP contribution in [0, 0.1) is 0 Å². The van der Waals surface area contributed by atoms with Crippen molar-refractivity contribution in [3.8, 4) is 33.4 Å². The van der Waals surface area contributed by atoms with Crippen molar-refractivity contribution >= 4 is 80.1 Å². The minimum Gasteiger partial charge on any atom is -0.309 e. The average Bonchev–Trinajstić information content (AvgIpc) is 4.03. The zero-order chi connectivity index (χ0) is 42.2. The first-order valence-electron chi connectivity index (χ1n) is 21.9. The fourth-order valence-electron chi connectivity index (χ4n) is 10.6. The number of thiophene rings is 2. The third kappa shape index (κ3) is 5.61. The molecule has 0 spiro atoms. The van der Waals surface area contributed by atoms with E-state index in [9.17, 15) is 0 Å². The molecule has 2 heterocycles. The summed E-state index contributed by atoms with van der Waals surface area (Å²) in [6, 6.07) is 88.1. The predicted molar refractivity (Wildman–Crippen MR) is 275 cm³/mol. The van der Waals surface area contributed by atoms with Gasteiger partial charge in [-0.1, -0.05) is 176 Å². The predicted octanol–water partition coefficient (Wildman–Crippen LogP) is 17.6. The molecule has 64 heavy (non-hydrogen) atoms. The van der Waals surface area contributed by atoms with E-state index in [0.717, 1.165) is 17.1 Å². The third-order valence-electron chi connectivity index (χ3n) is 13.4. The van der Waals surface area contributed by atoms with E-state index in [1.165, 1.54) is 96.0 Å². The van der Waals surface area contributed by atoms with E-state index in [4.69, 9.17) is 0 Å². The third-order valence-corrected chi connectivity index (χ3v) is 15.7. The highest BCUT2D eigenvalue weighted by molar-refractivity contribution is 7.26. The molecule has 2 aromatic heterocycles. The molecule has 0 radical (unpaired) electrons. The van der Waals surface area contributed by atoms with Crippen molar-refractivity contribution < 1.29 is 0 Å². The van der Waals surface area contributed by atoms with Crippen LogP contribution in [0.4, 0.5) is 17.1 Å². The second-order valence-corrected chi connectivity index (χ2v) is 18.9. The van der Waals surface area contributed by atoms with Crippen LogP contribution in [0.15, 0.2) is 237 Å². The number of hydrogen-bond donors (Lipinski definition) is 0. The molecule has 300 valence electrons. The van der Waals surface area contributed by atoms with Crippen molar-refractivity contribution in [2.24, 2.45) is 0 Å². The summed E-state index contributed by atoms with van der Waals surface area (Å²) in [4.78, 5) is 2.53. The Bertz CT molecular complexity index is 3550. The topological polar surface area (TPSA) is 3.24 Å². The molecule has 0 fully saturated rings. The van der Waals surface area contributed by atoms with Gasteiger partial charge in [0.25, 0.3) is 0 Å². The van der Waals surface area contributed by atoms with Gasteiger partial charge >= 0.3 is 0 Å². The molecule has 0 amide bonds. The lowest BCUT2D eigenvalue weighted by atomic mass is 9.67. The fraction of sp³-hybridized carbons (Fsp3) is 0.0164. The van der Waals surface area contributed by atoms with Crippen molar-refractivity contribution in [3.05, 3.63) is 259 Å². The normalized spacial score (nSPS) is 12.8. The maximum atomic E-state index is 2.53. The molecule has 12 aromatic rings. The van der Waals surface area contributed by atoms with Crippen molar-refractivity contribution in [2.75, 3.05) is 4.90 Å². The molecule has 0 saturated heterocycles. The summed E-state index contributed by atoms with van der Waals surface area (Å²) in [5, 5.41) is 5.19. The smallest absolute Gasteiger partial charge is 0.0714 e. The molecule has 0 N–H and O–H groups in total. The number of benzene rings is 10. The summed E-state index contributed by atoms with van der Waals surface area (Å²) in [7, 11) is 0. The highest BCUT2D eigenvalue weighted by Crippen LogP contribution is 2.58. The SMILES string of the molecule is c1ccc(C2(c3ccccc3)c3ccccc3-c3ccc(N(c4ccccc4-c4ccc5sc6ccccc6c5c4)c4ccccc4-c4ccc5sc6ccccc6c5c4)cc32)cc1. The lowest BCUT2D eigenvalue weighted by molar-refractivity contribution is 0.768. The Hall–Kier alpha value is -7.56. The van der Waals surface area contributed by atoms with Gasteiger partial charge in [0.15, 0.2) is 0 Å². The summed E-state index contributed by atoms with van der Waals surface area (Å²) in [5.74, 6) is 0. The zero-order valence-corrected chi connectivity index (χ0v) is 36.4. The second-order valence-electron chi connectivity index (χ2n) is 16.7. The molecule has 1 aliphatic rings. The van der Waals surface area contributed by atoms with Gasteiger partial charge < -0.3 is 4.90 Å². The quantitative estimate of drug-likeness (QED) is 0.154. The molecule has 0 bridgehead atoms. The van der Waals surface area contributed by atoms with Crippen LogP contribution < -0.4 is 4.90 Å². The van der Waals surface area contributed by atoms with E-state index in [1.54, 1.807) is 0 Å². The number of hydrogen-bond acceptors (Lipinski definition) is 3. The zero-order valence-electron chi connectivity index (χ0n) is 34.8. The Morgan fingerprint density at radius 1 is 0.297 bits per heavy atom. The van der Waals surface area contributed by atoms with Gasteiger partial charge in [0.1, 0.15) is 0 Å². The summed E-state index contributed by atoms with van der Waals surface area (Å²) < 4.78 is 5.23. The Morgan fingerprint density at radius 2 is 0.734 bits per heavy atom. The van der Waals surface area contributed by atoms with E-state index in [0.29, 0.717) is 0 Å². The van der Waals surface area contributed by atoms with Crippen molar-refractivity contribution in [2.45, 2.75) is 5.41 Å². The Kier molecular flexibility index (Phi) is 8.55. The van der Waals surface area contributed by atoms with Crippen LogP contribution in [0.2, 0.25) is 0 Å². The molecule has 0 atom stereocenters. The van der Waals surface area contributed by atoms with Crippen LogP contribution in [0.25, 0.3) is 73.7 Å². The van der Waals surface area contributed by atoms with Gasteiger partial charge in [-0.2, -0.15) is 0 Å². The first-order chi connectivity index (χ1) is 31.7. The number of para-hydroxylation sites is 2. The van der Waals surface area contributed by atoms with E-state index < -0.39 is 5.41 Å². The summed E-state index contributed by atoms with van der Waals surface area (Å²) >= 11 is 3.73. The van der Waals surface area contributed by atoms with Crippen molar-refractivity contribution in [1.29, 1.82) is 0 Å². The summed E-state index contributed by atoms with van der Waals surface area (Å²) in [6.45, 7) is 0. The maximum absolute atomic E-state index is 2.53. The number of anilines is 3. The lowest BCUT2D eigenvalue weighted by Gasteiger charge is -2.35. The molecular weight excluding hydrogens is 811 g/mol. The molecule has 1 nitrogen and oxygen atoms in total. The highest BCUT2D eigenvalue weighted by atomic mass is 32.1. The van der Waals surface area contributed by atoms with Crippen LogP contribution in [-0.2, 0) is 5.41 Å². The summed E-state index contributed by atoms with van der Waals surface area (Å²) in [5.41, 5.74) is 15.2. The Labute approximate surface area is 380 Å². The van der Waals surface area contributed by atoms with E-state index >= 15 is 0 Å². The minimum absolute atomic E-state index is 0.536. The monoisotopic (exact) mass is 849 g/mol. The standard InChI is InChI=1S/C61H39NS2/c1-3-17-42(18-4-1)61(43-19-5-2-6-20-43)53-26-12-7-23-47(53)48-34-33-44(39-54(48)61)62(55-27-13-8-21-45(55)40-31-35-59-51(37-40)49-24-10-15-29-57(49)63-59)56-28-14-9-22-46(56)41-32-36-60-52(38-41)50-25-11-16-30-58(50)64-60/h1-39H. The van der Waals surface area contributed by atoms with E-state index in [1.807, 2.05) is 22.7 Å². The Balaban J connectivity index is 1.09. The van der Waals surface area contributed by atoms with Gasteiger partial charge in [-0.05, 0) is 105 Å². The van der Waals surface area contributed by atoms with E-state index in [2.05, 4.69) is 241 Å². The van der Waals surface area contributed by atoms with Crippen LogP contribution in [0.5, 0.6) is 0 Å². The van der Waals surface area contributed by atoms with Crippen molar-refractivity contribution in [1.82, 2.24) is 0 Å². The van der Waals surface area contributed by atoms with Gasteiger partial charge in [-0.25, -0.2) is 0 Å². The number of fused-ring (bicyclic) bond motifs is 9. The summed E-state index contributed by atoms with van der Waals surface area (Å²) in [6.07, 6.45) is 0. The largest absolute Gasteiger partial charge is 0.309 e. The number of nitrogens with zero attached hydrogens (tertiary/aromatic N) is 1. The highest BCUT2D eigenvalue weighted by Gasteiger charge is 2.46. The molecule has 10 aromatic carbocycles. The van der Waals surface area contributed by atoms with Crippen LogP contribution in [-0.4, -0.2) is 0 Å². The molecule has 1 aliphatic carbocycles. The van der Waals surface area contributed by atoms with Gasteiger partial charge in [0.05, 0.1) is 16.8 Å². The second kappa shape index (κ2) is 14.8. The van der Waals surface area contributed by atoms with E-state index in [-0.39, 0.29) is 0 Å². The van der Waals surface area contributed by atoms with Gasteiger partial charge in [0, 0.05) is 57.2 Å². The van der Waals surface area contributed by atoms with Crippen molar-refractivity contribution in [3.63, 3.8) is 0 Å². The lowest BCUT2D eigenvalue weighted by Crippen LogP contribution is -2.28. The number of rotatable bonds is 7. The van der Waals surface area contributed by atoms with Gasteiger partial charge in [-0.3, -0.25) is 0 Å². The first kappa shape index (κ1) is 37.0. The molecular formula is C61H39NS2. The average molecular weight is 850 g/mol. The maximum Gasteiger partial charge on any atom is 0.0714 e. The molecule has 3 heteroatoms. The molecule has 0 saturated carbocycles. The minimum atomic E-state index is -0.536. The fourth-order valence-corrected chi connectivity index (χ4v) is 12.8. The molecule has 0 aliphatic heterocycles. The first-order valence-corrected chi connectivity index (χ1v) is 23.5. The van der Waals surface area contributed by atoms with Gasteiger partial charge in [0.2, 0.25) is 0 Å². The Morgan fingerprint density at radius 3 is 1.30 bits per heavy atom.